The lowest BCUT2D eigenvalue weighted by Crippen LogP contribution is -1.91. The first-order chi connectivity index (χ1) is 7.58. The fourth-order valence-corrected chi connectivity index (χ4v) is 1.33. The van der Waals surface area contributed by atoms with E-state index in [1.165, 1.54) is 18.2 Å². The molecule has 0 spiro atoms. The first-order valence-electron chi connectivity index (χ1n) is 4.54. The van der Waals surface area contributed by atoms with Crippen molar-refractivity contribution in [3.8, 4) is 11.3 Å². The fourth-order valence-electron chi connectivity index (χ4n) is 1.33. The van der Waals surface area contributed by atoms with Crippen LogP contribution >= 0.6 is 0 Å². The molecule has 0 bridgehead atoms. The van der Waals surface area contributed by atoms with Gasteiger partial charge in [-0.3, -0.25) is 0 Å². The minimum absolute atomic E-state index is 0.176. The number of aryl methyl sites for hydroxylation is 1. The third kappa shape index (κ3) is 1.79. The Morgan fingerprint density at radius 2 is 2.19 bits per heavy atom. The number of hydrogen-bond donors (Lipinski definition) is 1. The van der Waals surface area contributed by atoms with Crippen molar-refractivity contribution in [2.45, 2.75) is 6.92 Å². The molecule has 2 aromatic rings. The number of carboxylic acid groups (broad SMARTS) is 1. The summed E-state index contributed by atoms with van der Waals surface area (Å²) in [4.78, 5) is 10.6. The Morgan fingerprint density at radius 1 is 1.44 bits per heavy atom. The average Bonchev–Trinajstić information content (AvgIpc) is 2.66. The van der Waals surface area contributed by atoms with Crippen LogP contribution in [0.2, 0.25) is 0 Å². The molecule has 5 heteroatoms. The van der Waals surface area contributed by atoms with Gasteiger partial charge in [0.1, 0.15) is 11.5 Å². The third-order valence-corrected chi connectivity index (χ3v) is 2.12. The van der Waals surface area contributed by atoms with Gasteiger partial charge in [0.15, 0.2) is 0 Å². The molecule has 82 valence electrons. The molecule has 0 unspecified atom stereocenters. The molecule has 2 rings (SSSR count). The van der Waals surface area contributed by atoms with Crippen LogP contribution < -0.4 is 0 Å². The summed E-state index contributed by atoms with van der Waals surface area (Å²) in [5.74, 6) is -1.99. The molecule has 1 N–H and O–H groups in total. The normalized spacial score (nSPS) is 10.4. The number of carboxylic acids is 1. The molecular formula is C11H8FNO3. The highest BCUT2D eigenvalue weighted by atomic mass is 19.1. The van der Waals surface area contributed by atoms with Crippen LogP contribution in [0.25, 0.3) is 11.3 Å². The van der Waals surface area contributed by atoms with Crippen molar-refractivity contribution in [3.05, 3.63) is 41.4 Å². The number of rotatable bonds is 2. The molecule has 0 aliphatic rings. The van der Waals surface area contributed by atoms with Gasteiger partial charge in [-0.2, -0.15) is 0 Å². The van der Waals surface area contributed by atoms with Gasteiger partial charge in [0.25, 0.3) is 0 Å². The molecule has 4 nitrogen and oxygen atoms in total. The van der Waals surface area contributed by atoms with Gasteiger partial charge < -0.3 is 9.63 Å². The summed E-state index contributed by atoms with van der Waals surface area (Å²) < 4.78 is 18.1. The van der Waals surface area contributed by atoms with E-state index >= 15 is 0 Å². The first kappa shape index (κ1) is 10.4. The van der Waals surface area contributed by atoms with Crippen molar-refractivity contribution in [2.24, 2.45) is 0 Å². The minimum atomic E-state index is -1.23. The van der Waals surface area contributed by atoms with E-state index in [2.05, 4.69) is 9.68 Å². The summed E-state index contributed by atoms with van der Waals surface area (Å²) in [6.07, 6.45) is 0. The van der Waals surface area contributed by atoms with Crippen LogP contribution in [-0.4, -0.2) is 16.2 Å². The maximum atomic E-state index is 13.5. The number of aromatic carboxylic acids is 1. The third-order valence-electron chi connectivity index (χ3n) is 2.12. The SMILES string of the molecule is Cc1ccc(-c2cc(C(=O)O)on2)c(F)c1. The quantitative estimate of drug-likeness (QED) is 0.846. The van der Waals surface area contributed by atoms with E-state index < -0.39 is 11.8 Å². The van der Waals surface area contributed by atoms with Gasteiger partial charge in [0.2, 0.25) is 5.76 Å². The number of benzene rings is 1. The molecule has 1 heterocycles. The van der Waals surface area contributed by atoms with Crippen molar-refractivity contribution in [1.82, 2.24) is 5.16 Å². The van der Waals surface area contributed by atoms with Crippen LogP contribution in [0.15, 0.2) is 28.8 Å². The Morgan fingerprint density at radius 3 is 2.75 bits per heavy atom. The summed E-state index contributed by atoms with van der Waals surface area (Å²) in [7, 11) is 0. The minimum Gasteiger partial charge on any atom is -0.475 e. The number of hydrogen-bond acceptors (Lipinski definition) is 3. The number of nitrogens with zero attached hydrogens (tertiary/aromatic N) is 1. The summed E-state index contributed by atoms with van der Waals surface area (Å²) >= 11 is 0. The van der Waals surface area contributed by atoms with Crippen LogP contribution in [0.1, 0.15) is 16.1 Å². The lowest BCUT2D eigenvalue weighted by Gasteiger charge is -1.98. The Hall–Kier alpha value is -2.17. The van der Waals surface area contributed by atoms with Crippen molar-refractivity contribution in [3.63, 3.8) is 0 Å². The lowest BCUT2D eigenvalue weighted by atomic mass is 10.1. The highest BCUT2D eigenvalue weighted by Crippen LogP contribution is 2.23. The number of aromatic nitrogens is 1. The molecule has 0 aliphatic carbocycles. The van der Waals surface area contributed by atoms with Crippen molar-refractivity contribution < 1.29 is 18.8 Å². The van der Waals surface area contributed by atoms with Crippen molar-refractivity contribution in [2.75, 3.05) is 0 Å². The molecule has 0 amide bonds. The zero-order valence-electron chi connectivity index (χ0n) is 8.40. The monoisotopic (exact) mass is 221 g/mol. The van der Waals surface area contributed by atoms with E-state index in [1.807, 2.05) is 0 Å². The second-order valence-corrected chi connectivity index (χ2v) is 3.36. The molecule has 0 atom stereocenters. The molecule has 16 heavy (non-hydrogen) atoms. The Labute approximate surface area is 90.3 Å². The smallest absolute Gasteiger partial charge is 0.374 e. The molecule has 0 fully saturated rings. The maximum Gasteiger partial charge on any atom is 0.374 e. The second kappa shape index (κ2) is 3.77. The van der Waals surface area contributed by atoms with Gasteiger partial charge in [-0.05, 0) is 24.6 Å². The molecule has 0 radical (unpaired) electrons. The predicted molar refractivity (Wildman–Crippen MR) is 53.6 cm³/mol. The second-order valence-electron chi connectivity index (χ2n) is 3.36. The molecule has 0 saturated carbocycles. The molecular weight excluding hydrogens is 213 g/mol. The van der Waals surface area contributed by atoms with Gasteiger partial charge in [0, 0.05) is 11.6 Å². The van der Waals surface area contributed by atoms with E-state index in [4.69, 9.17) is 5.11 Å². The Bertz CT molecular complexity index is 548. The molecule has 0 aliphatic heterocycles. The van der Waals surface area contributed by atoms with Crippen LogP contribution in [0.5, 0.6) is 0 Å². The van der Waals surface area contributed by atoms with Gasteiger partial charge in [-0.15, -0.1) is 0 Å². The van der Waals surface area contributed by atoms with Gasteiger partial charge in [-0.25, -0.2) is 9.18 Å². The van der Waals surface area contributed by atoms with E-state index in [0.717, 1.165) is 5.56 Å². The lowest BCUT2D eigenvalue weighted by molar-refractivity contribution is 0.0652. The maximum absolute atomic E-state index is 13.5. The molecule has 1 aromatic heterocycles. The zero-order valence-corrected chi connectivity index (χ0v) is 8.40. The predicted octanol–water partition coefficient (Wildman–Crippen LogP) is 2.49. The Balaban J connectivity index is 2.46. The van der Waals surface area contributed by atoms with Crippen LogP contribution in [0.4, 0.5) is 4.39 Å². The van der Waals surface area contributed by atoms with Crippen LogP contribution in [0.3, 0.4) is 0 Å². The summed E-state index contributed by atoms with van der Waals surface area (Å²) in [5.41, 5.74) is 1.18. The average molecular weight is 221 g/mol. The van der Waals surface area contributed by atoms with E-state index in [0.29, 0.717) is 0 Å². The van der Waals surface area contributed by atoms with Crippen molar-refractivity contribution in [1.29, 1.82) is 0 Å². The summed E-state index contributed by atoms with van der Waals surface area (Å²) in [6.45, 7) is 1.76. The van der Waals surface area contributed by atoms with Gasteiger partial charge >= 0.3 is 5.97 Å². The first-order valence-corrected chi connectivity index (χ1v) is 4.54. The van der Waals surface area contributed by atoms with Gasteiger partial charge in [-0.1, -0.05) is 11.2 Å². The largest absolute Gasteiger partial charge is 0.475 e. The van der Waals surface area contributed by atoms with Crippen LogP contribution in [0, 0.1) is 12.7 Å². The van der Waals surface area contributed by atoms with E-state index in [-0.39, 0.29) is 17.0 Å². The van der Waals surface area contributed by atoms with E-state index in [9.17, 15) is 9.18 Å². The summed E-state index contributed by atoms with van der Waals surface area (Å²) in [5, 5.41) is 12.1. The standard InChI is InChI=1S/C11H8FNO3/c1-6-2-3-7(8(12)4-6)9-5-10(11(14)15)16-13-9/h2-5H,1H3,(H,14,15). The number of halogens is 1. The van der Waals surface area contributed by atoms with Crippen LogP contribution in [-0.2, 0) is 0 Å². The zero-order chi connectivity index (χ0) is 11.7. The topological polar surface area (TPSA) is 63.3 Å². The summed E-state index contributed by atoms with van der Waals surface area (Å²) in [6, 6.07) is 5.79. The Kier molecular flexibility index (Phi) is 2.44. The molecule has 1 aromatic carbocycles. The number of carbonyl (C=O) groups is 1. The van der Waals surface area contributed by atoms with Gasteiger partial charge in [0.05, 0.1) is 0 Å². The highest BCUT2D eigenvalue weighted by molar-refractivity contribution is 5.85. The van der Waals surface area contributed by atoms with Crippen molar-refractivity contribution >= 4 is 5.97 Å². The molecule has 0 saturated heterocycles. The van der Waals surface area contributed by atoms with E-state index in [1.54, 1.807) is 13.0 Å². The highest BCUT2D eigenvalue weighted by Gasteiger charge is 2.14. The fraction of sp³-hybridized carbons (Fsp3) is 0.0909.